The number of hydrogen-bond acceptors (Lipinski definition) is 3. The van der Waals surface area contributed by atoms with Crippen molar-refractivity contribution in [2.75, 3.05) is 4.90 Å². The highest BCUT2D eigenvalue weighted by molar-refractivity contribution is 6.31. The summed E-state index contributed by atoms with van der Waals surface area (Å²) in [6.45, 7) is 3.84. The van der Waals surface area contributed by atoms with E-state index in [0.29, 0.717) is 22.0 Å². The van der Waals surface area contributed by atoms with Gasteiger partial charge >= 0.3 is 0 Å². The van der Waals surface area contributed by atoms with Gasteiger partial charge in [0.1, 0.15) is 18.5 Å². The molecule has 0 aliphatic carbocycles. The molecule has 0 fully saturated rings. The van der Waals surface area contributed by atoms with E-state index in [1.165, 1.54) is 0 Å². The molecule has 0 bridgehead atoms. The third-order valence-corrected chi connectivity index (χ3v) is 4.94. The molecule has 0 aromatic heterocycles. The number of benzene rings is 2. The van der Waals surface area contributed by atoms with Crippen LogP contribution >= 0.6 is 23.2 Å². The summed E-state index contributed by atoms with van der Waals surface area (Å²) in [6, 6.07) is 12.5. The van der Waals surface area contributed by atoms with Crippen LogP contribution in [0, 0.1) is 0 Å². The van der Waals surface area contributed by atoms with Crippen molar-refractivity contribution in [1.82, 2.24) is 0 Å². The molecule has 2 aromatic carbocycles. The Morgan fingerprint density at radius 3 is 2.54 bits per heavy atom. The van der Waals surface area contributed by atoms with E-state index in [1.54, 1.807) is 23.1 Å². The number of hydrogen-bond donors (Lipinski definition) is 0. The Bertz CT molecular complexity index is 838. The monoisotopic (exact) mass is 391 g/mol. The highest BCUT2D eigenvalue weighted by Gasteiger charge is 2.38. The molecule has 0 spiro atoms. The predicted octanol–water partition coefficient (Wildman–Crippen LogP) is 4.81. The second-order valence-corrected chi connectivity index (χ2v) is 7.28. The molecule has 0 radical (unpaired) electrons. The Morgan fingerprint density at radius 2 is 1.88 bits per heavy atom. The summed E-state index contributed by atoms with van der Waals surface area (Å²) in [5.74, 6) is -0.245. The summed E-state index contributed by atoms with van der Waals surface area (Å²) in [7, 11) is 0. The fourth-order valence-electron chi connectivity index (χ4n) is 3.23. The largest absolute Gasteiger partial charge is 0.355 e. The van der Waals surface area contributed by atoms with Gasteiger partial charge < -0.3 is 14.4 Å². The normalized spacial score (nSPS) is 20.0. The minimum absolute atomic E-state index is 0.0231. The number of aldehydes is 1. The van der Waals surface area contributed by atoms with Crippen LogP contribution in [-0.2, 0) is 14.3 Å². The zero-order chi connectivity index (χ0) is 18.8. The molecular weight excluding hydrogens is 373 g/mol. The van der Waals surface area contributed by atoms with E-state index < -0.39 is 12.2 Å². The first kappa shape index (κ1) is 18.9. The summed E-state index contributed by atoms with van der Waals surface area (Å²) in [4.78, 5) is 25.9. The van der Waals surface area contributed by atoms with Crippen LogP contribution < -0.4 is 4.90 Å². The summed E-state index contributed by atoms with van der Waals surface area (Å²) < 4.78 is 6.13. The van der Waals surface area contributed by atoms with Crippen molar-refractivity contribution < 1.29 is 14.3 Å². The molecule has 1 aliphatic rings. The number of fused-ring (bicyclic) bond motifs is 1. The minimum atomic E-state index is -0.887. The molecule has 3 rings (SSSR count). The molecule has 2 aromatic rings. The lowest BCUT2D eigenvalue weighted by Gasteiger charge is -2.28. The summed E-state index contributed by atoms with van der Waals surface area (Å²) in [5.41, 5.74) is 2.20. The van der Waals surface area contributed by atoms with Crippen molar-refractivity contribution in [3.8, 4) is 0 Å². The average molecular weight is 392 g/mol. The summed E-state index contributed by atoms with van der Waals surface area (Å²) in [6.07, 6.45) is -0.810. The van der Waals surface area contributed by atoms with E-state index in [-0.39, 0.29) is 18.4 Å². The van der Waals surface area contributed by atoms with E-state index in [1.807, 2.05) is 38.1 Å². The molecule has 0 saturated carbocycles. The first-order chi connectivity index (χ1) is 12.4. The topological polar surface area (TPSA) is 46.6 Å². The molecule has 0 saturated heterocycles. The van der Waals surface area contributed by atoms with E-state index in [2.05, 4.69) is 0 Å². The van der Waals surface area contributed by atoms with Gasteiger partial charge in [-0.2, -0.15) is 0 Å². The fraction of sp³-hybridized carbons (Fsp3) is 0.300. The lowest BCUT2D eigenvalue weighted by molar-refractivity contribution is -0.134. The number of rotatable bonds is 4. The van der Waals surface area contributed by atoms with Crippen molar-refractivity contribution in [3.63, 3.8) is 0 Å². The molecule has 1 aliphatic heterocycles. The molecule has 6 heteroatoms. The second-order valence-electron chi connectivity index (χ2n) is 6.43. The fourth-order valence-corrected chi connectivity index (χ4v) is 3.64. The first-order valence-corrected chi connectivity index (χ1v) is 9.15. The van der Waals surface area contributed by atoms with Gasteiger partial charge in [-0.3, -0.25) is 4.79 Å². The number of anilines is 1. The van der Waals surface area contributed by atoms with Gasteiger partial charge in [-0.05, 0) is 38.1 Å². The van der Waals surface area contributed by atoms with E-state index in [0.717, 1.165) is 11.1 Å². The van der Waals surface area contributed by atoms with Gasteiger partial charge in [-0.25, -0.2) is 0 Å². The van der Waals surface area contributed by atoms with Gasteiger partial charge in [0.15, 0.2) is 0 Å². The van der Waals surface area contributed by atoms with Crippen molar-refractivity contribution in [1.29, 1.82) is 0 Å². The zero-order valence-electron chi connectivity index (χ0n) is 14.5. The highest BCUT2D eigenvalue weighted by atomic mass is 35.5. The average Bonchev–Trinajstić information content (AvgIpc) is 2.71. The van der Waals surface area contributed by atoms with Gasteiger partial charge in [0, 0.05) is 33.6 Å². The number of halogens is 2. The van der Waals surface area contributed by atoms with Gasteiger partial charge in [-0.1, -0.05) is 41.4 Å². The van der Waals surface area contributed by atoms with Crippen LogP contribution in [0.25, 0.3) is 0 Å². The standard InChI is InChI=1S/C20H19Cl2NO3/c1-12(2)23-17-8-7-13(21)11-15(17)19(14-5-3-4-6-16(14)22)26-18(9-10-24)20(23)25/h3-8,10-12,18-19H,9H2,1-2H3/t18-,19-/m1/s1. The van der Waals surface area contributed by atoms with Crippen LogP contribution in [0.3, 0.4) is 0 Å². The highest BCUT2D eigenvalue weighted by Crippen LogP contribution is 2.42. The molecule has 0 N–H and O–H groups in total. The van der Waals surface area contributed by atoms with E-state index >= 15 is 0 Å². The lowest BCUT2D eigenvalue weighted by atomic mass is 9.99. The Hall–Kier alpha value is -1.88. The Labute approximate surface area is 162 Å². The molecule has 1 amide bonds. The number of carbonyl (C=O) groups is 2. The number of ether oxygens (including phenoxy) is 1. The van der Waals surface area contributed by atoms with Crippen molar-refractivity contribution in [2.45, 2.75) is 38.5 Å². The lowest BCUT2D eigenvalue weighted by Crippen LogP contribution is -2.43. The third kappa shape index (κ3) is 3.50. The molecule has 26 heavy (non-hydrogen) atoms. The molecule has 4 nitrogen and oxygen atoms in total. The van der Waals surface area contributed by atoms with Crippen LogP contribution in [0.2, 0.25) is 10.0 Å². The minimum Gasteiger partial charge on any atom is -0.355 e. The summed E-state index contributed by atoms with van der Waals surface area (Å²) >= 11 is 12.6. The van der Waals surface area contributed by atoms with Crippen LogP contribution in [0.1, 0.15) is 37.5 Å². The van der Waals surface area contributed by atoms with E-state index in [9.17, 15) is 9.59 Å². The van der Waals surface area contributed by atoms with Crippen LogP contribution in [0.5, 0.6) is 0 Å². The second kappa shape index (κ2) is 7.78. The van der Waals surface area contributed by atoms with Crippen LogP contribution in [-0.4, -0.2) is 24.3 Å². The first-order valence-electron chi connectivity index (χ1n) is 8.40. The summed E-state index contributed by atoms with van der Waals surface area (Å²) in [5, 5.41) is 1.06. The van der Waals surface area contributed by atoms with Crippen molar-refractivity contribution in [3.05, 3.63) is 63.6 Å². The van der Waals surface area contributed by atoms with Crippen molar-refractivity contribution in [2.24, 2.45) is 0 Å². The van der Waals surface area contributed by atoms with Crippen molar-refractivity contribution >= 4 is 41.1 Å². The van der Waals surface area contributed by atoms with Gasteiger partial charge in [0.2, 0.25) is 0 Å². The third-order valence-electron chi connectivity index (χ3n) is 4.36. The maximum Gasteiger partial charge on any atom is 0.256 e. The molecule has 0 unspecified atom stereocenters. The molecule has 2 atom stereocenters. The predicted molar refractivity (Wildman–Crippen MR) is 103 cm³/mol. The van der Waals surface area contributed by atoms with Gasteiger partial charge in [0.05, 0.1) is 5.69 Å². The maximum absolute atomic E-state index is 13.1. The Kier molecular flexibility index (Phi) is 5.66. The SMILES string of the molecule is CC(C)N1C(=O)[C@@H](CC=O)O[C@H](c2ccccc2Cl)c2cc(Cl)ccc21. The number of nitrogens with zero attached hydrogens (tertiary/aromatic N) is 1. The van der Waals surface area contributed by atoms with Crippen LogP contribution in [0.4, 0.5) is 5.69 Å². The molecular formula is C20H19Cl2NO3. The van der Waals surface area contributed by atoms with E-state index in [4.69, 9.17) is 27.9 Å². The molecule has 136 valence electrons. The number of carbonyl (C=O) groups excluding carboxylic acids is 2. The zero-order valence-corrected chi connectivity index (χ0v) is 16.0. The van der Waals surface area contributed by atoms with Gasteiger partial charge in [-0.15, -0.1) is 0 Å². The Balaban J connectivity index is 2.24. The Morgan fingerprint density at radius 1 is 1.15 bits per heavy atom. The smallest absolute Gasteiger partial charge is 0.256 e. The van der Waals surface area contributed by atoms with Crippen LogP contribution in [0.15, 0.2) is 42.5 Å². The quantitative estimate of drug-likeness (QED) is 0.702. The van der Waals surface area contributed by atoms with Gasteiger partial charge in [0.25, 0.3) is 5.91 Å². The maximum atomic E-state index is 13.1. The molecule has 1 heterocycles. The number of amides is 1.